The zero-order valence-corrected chi connectivity index (χ0v) is 11.6. The maximum absolute atomic E-state index is 11.6. The molecule has 0 spiro atoms. The second kappa shape index (κ2) is 7.34. The van der Waals surface area contributed by atoms with Crippen molar-refractivity contribution < 1.29 is 14.7 Å². The number of aliphatic imine (C=N–C) groups is 1. The summed E-state index contributed by atoms with van der Waals surface area (Å²) in [5.41, 5.74) is 11.1. The first-order chi connectivity index (χ1) is 8.95. The minimum atomic E-state index is -1.02. The highest BCUT2D eigenvalue weighted by molar-refractivity contribution is 7.80. The lowest BCUT2D eigenvalue weighted by Crippen LogP contribution is -2.38. The molecule has 108 valence electrons. The van der Waals surface area contributed by atoms with Crippen molar-refractivity contribution in [2.24, 2.45) is 22.4 Å². The lowest BCUT2D eigenvalue weighted by Gasteiger charge is -2.15. The zero-order chi connectivity index (χ0) is 14.4. The Morgan fingerprint density at radius 2 is 2.32 bits per heavy atom. The number of nitrogens with zero attached hydrogens (tertiary/aromatic N) is 2. The summed E-state index contributed by atoms with van der Waals surface area (Å²) in [6.45, 7) is 0.911. The highest BCUT2D eigenvalue weighted by atomic mass is 32.1. The summed E-state index contributed by atoms with van der Waals surface area (Å²) in [6.07, 6.45) is 1.30. The van der Waals surface area contributed by atoms with Gasteiger partial charge in [-0.2, -0.15) is 12.6 Å². The highest BCUT2D eigenvalue weighted by Crippen LogP contribution is 2.18. The number of rotatable bonds is 6. The van der Waals surface area contributed by atoms with E-state index in [2.05, 4.69) is 17.6 Å². The van der Waals surface area contributed by atoms with Crippen LogP contribution in [-0.4, -0.2) is 52.7 Å². The van der Waals surface area contributed by atoms with E-state index in [0.29, 0.717) is 38.1 Å². The monoisotopic (exact) mass is 288 g/mol. The van der Waals surface area contributed by atoms with Gasteiger partial charge in [0.05, 0.1) is 0 Å². The first kappa shape index (κ1) is 15.8. The van der Waals surface area contributed by atoms with Crippen LogP contribution in [0.5, 0.6) is 0 Å². The molecule has 0 aromatic heterocycles. The van der Waals surface area contributed by atoms with Crippen LogP contribution in [0.25, 0.3) is 0 Å². The summed E-state index contributed by atoms with van der Waals surface area (Å²) in [4.78, 5) is 27.7. The first-order valence-electron chi connectivity index (χ1n) is 6.15. The number of guanidine groups is 1. The average molecular weight is 288 g/mol. The summed E-state index contributed by atoms with van der Waals surface area (Å²) in [7, 11) is 0. The molecule has 1 fully saturated rings. The standard InChI is InChI=1S/C11H20N4O3S/c12-8(10(17)18)2-1-3-14-11(13)15-5-7(6-19)4-9(15)16/h7-8,19H,1-6,12H2,(H2,13,14)(H,17,18). The summed E-state index contributed by atoms with van der Waals surface area (Å²) >= 11 is 4.16. The SMILES string of the molecule is NC(=NCCCC(N)C(=O)O)N1CC(CS)CC1=O. The number of aliphatic carboxylic acids is 1. The molecule has 19 heavy (non-hydrogen) atoms. The smallest absolute Gasteiger partial charge is 0.320 e. The largest absolute Gasteiger partial charge is 0.480 e. The Balaban J connectivity index is 2.37. The molecule has 1 rings (SSSR count). The molecule has 1 aliphatic rings. The van der Waals surface area contributed by atoms with Gasteiger partial charge in [0, 0.05) is 19.5 Å². The van der Waals surface area contributed by atoms with E-state index in [1.807, 2.05) is 0 Å². The number of likely N-dealkylation sites (tertiary alicyclic amines) is 1. The molecule has 1 amide bonds. The van der Waals surface area contributed by atoms with Gasteiger partial charge in [0.2, 0.25) is 5.91 Å². The Bertz CT molecular complexity index is 375. The quantitative estimate of drug-likeness (QED) is 0.222. The van der Waals surface area contributed by atoms with Crippen LogP contribution in [0.1, 0.15) is 19.3 Å². The third-order valence-electron chi connectivity index (χ3n) is 3.00. The topological polar surface area (TPSA) is 122 Å². The van der Waals surface area contributed by atoms with Gasteiger partial charge in [0.25, 0.3) is 0 Å². The molecule has 5 N–H and O–H groups in total. The molecule has 0 aromatic rings. The number of carbonyl (C=O) groups excluding carboxylic acids is 1. The Hall–Kier alpha value is -1.28. The number of hydrogen-bond acceptors (Lipinski definition) is 5. The number of hydrogen-bond donors (Lipinski definition) is 4. The van der Waals surface area contributed by atoms with Crippen LogP contribution in [0.3, 0.4) is 0 Å². The molecule has 8 heteroatoms. The van der Waals surface area contributed by atoms with Crippen LogP contribution in [0.2, 0.25) is 0 Å². The van der Waals surface area contributed by atoms with Crippen molar-refractivity contribution in [2.45, 2.75) is 25.3 Å². The van der Waals surface area contributed by atoms with Crippen LogP contribution in [0.4, 0.5) is 0 Å². The van der Waals surface area contributed by atoms with E-state index in [1.54, 1.807) is 0 Å². The predicted octanol–water partition coefficient (Wildman–Crippen LogP) is -0.728. The van der Waals surface area contributed by atoms with E-state index in [-0.39, 0.29) is 17.8 Å². The summed E-state index contributed by atoms with van der Waals surface area (Å²) in [6, 6.07) is -0.876. The fourth-order valence-corrected chi connectivity index (χ4v) is 2.08. The lowest BCUT2D eigenvalue weighted by molar-refractivity contribution is -0.138. The molecule has 0 bridgehead atoms. The first-order valence-corrected chi connectivity index (χ1v) is 6.78. The molecule has 1 saturated heterocycles. The number of amides is 1. The molecular formula is C11H20N4O3S. The van der Waals surface area contributed by atoms with Crippen molar-refractivity contribution in [3.63, 3.8) is 0 Å². The Morgan fingerprint density at radius 1 is 1.63 bits per heavy atom. The Kier molecular flexibility index (Phi) is 6.10. The third kappa shape index (κ3) is 4.71. The van der Waals surface area contributed by atoms with Crippen LogP contribution in [0.15, 0.2) is 4.99 Å². The Labute approximate surface area is 117 Å². The van der Waals surface area contributed by atoms with Crippen LogP contribution in [-0.2, 0) is 9.59 Å². The average Bonchev–Trinajstić information content (AvgIpc) is 2.75. The van der Waals surface area contributed by atoms with E-state index in [0.717, 1.165) is 0 Å². The fraction of sp³-hybridized carbons (Fsp3) is 0.727. The van der Waals surface area contributed by atoms with Crippen LogP contribution < -0.4 is 11.5 Å². The predicted molar refractivity (Wildman–Crippen MR) is 75.0 cm³/mol. The van der Waals surface area contributed by atoms with Crippen LogP contribution >= 0.6 is 12.6 Å². The fourth-order valence-electron chi connectivity index (χ4n) is 1.84. The Morgan fingerprint density at radius 3 is 2.84 bits per heavy atom. The van der Waals surface area contributed by atoms with E-state index < -0.39 is 12.0 Å². The van der Waals surface area contributed by atoms with Gasteiger partial charge in [-0.1, -0.05) is 0 Å². The molecule has 0 radical (unpaired) electrons. The van der Waals surface area contributed by atoms with Gasteiger partial charge >= 0.3 is 5.97 Å². The van der Waals surface area contributed by atoms with Crippen molar-refractivity contribution in [3.05, 3.63) is 0 Å². The summed E-state index contributed by atoms with van der Waals surface area (Å²) in [5.74, 6) is -0.0165. The van der Waals surface area contributed by atoms with Gasteiger partial charge in [-0.25, -0.2) is 0 Å². The van der Waals surface area contributed by atoms with Gasteiger partial charge in [-0.3, -0.25) is 19.5 Å². The van der Waals surface area contributed by atoms with E-state index >= 15 is 0 Å². The number of thiol groups is 1. The second-order valence-electron chi connectivity index (χ2n) is 4.58. The summed E-state index contributed by atoms with van der Waals surface area (Å²) < 4.78 is 0. The molecule has 1 aliphatic heterocycles. The lowest BCUT2D eigenvalue weighted by atomic mass is 10.1. The van der Waals surface area contributed by atoms with Crippen molar-refractivity contribution in [3.8, 4) is 0 Å². The molecule has 7 nitrogen and oxygen atoms in total. The van der Waals surface area contributed by atoms with Gasteiger partial charge in [0.1, 0.15) is 6.04 Å². The minimum absolute atomic E-state index is 0.0393. The van der Waals surface area contributed by atoms with Gasteiger partial charge in [0.15, 0.2) is 5.96 Å². The van der Waals surface area contributed by atoms with Crippen molar-refractivity contribution in [1.82, 2.24) is 4.90 Å². The maximum atomic E-state index is 11.6. The number of nitrogens with two attached hydrogens (primary N) is 2. The van der Waals surface area contributed by atoms with Crippen molar-refractivity contribution in [2.75, 3.05) is 18.8 Å². The second-order valence-corrected chi connectivity index (χ2v) is 4.95. The van der Waals surface area contributed by atoms with E-state index in [9.17, 15) is 9.59 Å². The normalized spacial score (nSPS) is 21.8. The van der Waals surface area contributed by atoms with E-state index in [1.165, 1.54) is 4.90 Å². The summed E-state index contributed by atoms with van der Waals surface area (Å²) in [5, 5.41) is 8.61. The third-order valence-corrected chi connectivity index (χ3v) is 3.52. The van der Waals surface area contributed by atoms with Gasteiger partial charge < -0.3 is 16.6 Å². The molecule has 0 saturated carbocycles. The van der Waals surface area contributed by atoms with Gasteiger partial charge in [-0.15, -0.1) is 0 Å². The highest BCUT2D eigenvalue weighted by Gasteiger charge is 2.30. The molecule has 2 unspecified atom stereocenters. The van der Waals surface area contributed by atoms with Gasteiger partial charge in [-0.05, 0) is 24.5 Å². The molecule has 1 heterocycles. The zero-order valence-electron chi connectivity index (χ0n) is 10.7. The number of carbonyl (C=O) groups is 2. The molecule has 0 aliphatic carbocycles. The number of carboxylic acids is 1. The van der Waals surface area contributed by atoms with Crippen molar-refractivity contribution >= 4 is 30.5 Å². The maximum Gasteiger partial charge on any atom is 0.320 e. The van der Waals surface area contributed by atoms with Crippen LogP contribution in [0, 0.1) is 5.92 Å². The van der Waals surface area contributed by atoms with Crippen molar-refractivity contribution in [1.29, 1.82) is 0 Å². The molecule has 2 atom stereocenters. The minimum Gasteiger partial charge on any atom is -0.480 e. The van der Waals surface area contributed by atoms with E-state index in [4.69, 9.17) is 16.6 Å². The number of carboxylic acid groups (broad SMARTS) is 1. The molecule has 0 aromatic carbocycles. The molecular weight excluding hydrogens is 268 g/mol.